The van der Waals surface area contributed by atoms with E-state index >= 15 is 0 Å². The van der Waals surface area contributed by atoms with E-state index in [4.69, 9.17) is 0 Å². The number of hydrogen-bond donors (Lipinski definition) is 0. The maximum atomic E-state index is 10.8. The molecule has 1 aromatic rings. The Balaban J connectivity index is 2.18. The molecule has 0 bridgehead atoms. The average molecular weight is 228 g/mol. The zero-order chi connectivity index (χ0) is 12.4. The van der Waals surface area contributed by atoms with Gasteiger partial charge in [-0.2, -0.15) is 0 Å². The summed E-state index contributed by atoms with van der Waals surface area (Å²) in [6, 6.07) is 8.39. The van der Waals surface area contributed by atoms with Gasteiger partial charge in [-0.1, -0.05) is 56.7 Å². The minimum absolute atomic E-state index is 0.00495. The summed E-state index contributed by atoms with van der Waals surface area (Å²) >= 11 is 0. The molecule has 1 aromatic carbocycles. The summed E-state index contributed by atoms with van der Waals surface area (Å²) in [5, 5.41) is 0. The molecule has 1 nitrogen and oxygen atoms in total. The fraction of sp³-hybridized carbons (Fsp3) is 0.438. The molecule has 1 fully saturated rings. The predicted molar refractivity (Wildman–Crippen MR) is 71.2 cm³/mol. The van der Waals surface area contributed by atoms with Crippen molar-refractivity contribution in [2.24, 2.45) is 5.92 Å². The van der Waals surface area contributed by atoms with E-state index in [1.807, 2.05) is 13.0 Å². The summed E-state index contributed by atoms with van der Waals surface area (Å²) in [4.78, 5) is 10.8. The molecule has 3 atom stereocenters. The molecule has 0 radical (unpaired) electrons. The van der Waals surface area contributed by atoms with Gasteiger partial charge in [-0.3, -0.25) is 0 Å². The van der Waals surface area contributed by atoms with Crippen molar-refractivity contribution >= 4 is 6.29 Å². The molecule has 3 unspecified atom stereocenters. The predicted octanol–water partition coefficient (Wildman–Crippen LogP) is 4.06. The van der Waals surface area contributed by atoms with Crippen molar-refractivity contribution in [2.75, 3.05) is 0 Å². The Morgan fingerprint density at radius 3 is 2.35 bits per heavy atom. The van der Waals surface area contributed by atoms with Gasteiger partial charge in [0.2, 0.25) is 0 Å². The molecule has 1 saturated carbocycles. The van der Waals surface area contributed by atoms with Crippen LogP contribution in [-0.4, -0.2) is 6.29 Å². The summed E-state index contributed by atoms with van der Waals surface area (Å²) in [6.45, 7) is 6.43. The Bertz CT molecular complexity index is 445. The minimum atomic E-state index is -0.00495. The lowest BCUT2D eigenvalue weighted by atomic mass is 9.94. The van der Waals surface area contributed by atoms with Gasteiger partial charge in [-0.25, -0.2) is 0 Å². The maximum Gasteiger partial charge on any atom is 0.127 e. The summed E-state index contributed by atoms with van der Waals surface area (Å²) in [7, 11) is 0. The lowest BCUT2D eigenvalue weighted by Gasteiger charge is -2.10. The number of carbonyl (C=O) groups is 1. The van der Waals surface area contributed by atoms with E-state index in [1.165, 1.54) is 12.0 Å². The summed E-state index contributed by atoms with van der Waals surface area (Å²) < 4.78 is 0. The highest BCUT2D eigenvalue weighted by Crippen LogP contribution is 2.39. The first-order valence-corrected chi connectivity index (χ1v) is 6.37. The normalized spacial score (nSPS) is 24.4. The number of carbonyl (C=O) groups excluding carboxylic acids is 1. The summed E-state index contributed by atoms with van der Waals surface area (Å²) in [5.74, 6) is 1.23. The van der Waals surface area contributed by atoms with Gasteiger partial charge in [0.25, 0.3) is 0 Å². The average Bonchev–Trinajstić information content (AvgIpc) is 3.04. The van der Waals surface area contributed by atoms with E-state index in [9.17, 15) is 4.79 Å². The second-order valence-electron chi connectivity index (χ2n) is 5.23. The Morgan fingerprint density at radius 1 is 1.24 bits per heavy atom. The van der Waals surface area contributed by atoms with Crippen LogP contribution in [0.15, 0.2) is 35.9 Å². The molecule has 0 amide bonds. The first kappa shape index (κ1) is 12.1. The molecule has 0 heterocycles. The highest BCUT2D eigenvalue weighted by Gasteiger charge is 2.24. The zero-order valence-corrected chi connectivity index (χ0v) is 10.8. The maximum absolute atomic E-state index is 10.8. The Morgan fingerprint density at radius 2 is 1.82 bits per heavy atom. The number of allylic oxidation sites excluding steroid dienone is 2. The molecule has 0 spiro atoms. The second-order valence-corrected chi connectivity index (χ2v) is 5.23. The SMILES string of the molecule is CC1C/C1=C\C(C)c1cccc(C(C)C=O)c1. The first-order chi connectivity index (χ1) is 8.11. The monoisotopic (exact) mass is 228 g/mol. The van der Waals surface area contributed by atoms with Crippen molar-refractivity contribution in [3.05, 3.63) is 47.0 Å². The van der Waals surface area contributed by atoms with Gasteiger partial charge in [0.1, 0.15) is 6.29 Å². The van der Waals surface area contributed by atoms with Crippen LogP contribution >= 0.6 is 0 Å². The lowest BCUT2D eigenvalue weighted by molar-refractivity contribution is -0.108. The number of aldehydes is 1. The summed E-state index contributed by atoms with van der Waals surface area (Å²) in [5.41, 5.74) is 4.00. The van der Waals surface area contributed by atoms with Crippen molar-refractivity contribution in [3.63, 3.8) is 0 Å². The second kappa shape index (κ2) is 4.87. The van der Waals surface area contributed by atoms with Crippen molar-refractivity contribution in [1.29, 1.82) is 0 Å². The van der Waals surface area contributed by atoms with E-state index in [-0.39, 0.29) is 5.92 Å². The van der Waals surface area contributed by atoms with Crippen LogP contribution in [0.3, 0.4) is 0 Å². The smallest absolute Gasteiger partial charge is 0.127 e. The fourth-order valence-corrected chi connectivity index (χ4v) is 2.15. The van der Waals surface area contributed by atoms with Gasteiger partial charge >= 0.3 is 0 Å². The molecule has 0 saturated heterocycles. The van der Waals surface area contributed by atoms with Crippen molar-refractivity contribution < 1.29 is 4.79 Å². The number of benzene rings is 1. The Hall–Kier alpha value is -1.37. The van der Waals surface area contributed by atoms with Crippen LogP contribution in [0.2, 0.25) is 0 Å². The molecular weight excluding hydrogens is 208 g/mol. The van der Waals surface area contributed by atoms with Crippen LogP contribution in [0, 0.1) is 5.92 Å². The third-order valence-electron chi connectivity index (χ3n) is 3.65. The molecule has 1 aliphatic rings. The molecule has 0 aromatic heterocycles. The quantitative estimate of drug-likeness (QED) is 0.561. The van der Waals surface area contributed by atoms with E-state index < -0.39 is 0 Å². The lowest BCUT2D eigenvalue weighted by Crippen LogP contribution is -1.97. The molecule has 2 rings (SSSR count). The minimum Gasteiger partial charge on any atom is -0.303 e. The van der Waals surface area contributed by atoms with Crippen molar-refractivity contribution in [3.8, 4) is 0 Å². The van der Waals surface area contributed by atoms with E-state index in [1.54, 1.807) is 5.57 Å². The topological polar surface area (TPSA) is 17.1 Å². The summed E-state index contributed by atoms with van der Waals surface area (Å²) in [6.07, 6.45) is 4.63. The van der Waals surface area contributed by atoms with Crippen LogP contribution in [0.4, 0.5) is 0 Å². The van der Waals surface area contributed by atoms with Crippen LogP contribution in [0.25, 0.3) is 0 Å². The van der Waals surface area contributed by atoms with Crippen LogP contribution in [-0.2, 0) is 4.79 Å². The molecule has 90 valence electrons. The fourth-order valence-electron chi connectivity index (χ4n) is 2.15. The molecule has 17 heavy (non-hydrogen) atoms. The Kier molecular flexibility index (Phi) is 3.46. The van der Waals surface area contributed by atoms with E-state index in [0.29, 0.717) is 5.92 Å². The van der Waals surface area contributed by atoms with Crippen LogP contribution in [0.1, 0.15) is 50.2 Å². The molecule has 0 N–H and O–H groups in total. The van der Waals surface area contributed by atoms with Crippen molar-refractivity contribution in [1.82, 2.24) is 0 Å². The third-order valence-corrected chi connectivity index (χ3v) is 3.65. The Labute approximate surface area is 104 Å². The van der Waals surface area contributed by atoms with Gasteiger partial charge in [0, 0.05) is 5.92 Å². The van der Waals surface area contributed by atoms with Crippen LogP contribution in [0.5, 0.6) is 0 Å². The first-order valence-electron chi connectivity index (χ1n) is 6.37. The number of hydrogen-bond acceptors (Lipinski definition) is 1. The van der Waals surface area contributed by atoms with Gasteiger partial charge in [-0.15, -0.1) is 0 Å². The van der Waals surface area contributed by atoms with Gasteiger partial charge in [0.05, 0.1) is 0 Å². The van der Waals surface area contributed by atoms with Crippen LogP contribution < -0.4 is 0 Å². The van der Waals surface area contributed by atoms with Gasteiger partial charge in [-0.05, 0) is 29.4 Å². The van der Waals surface area contributed by atoms with Gasteiger partial charge < -0.3 is 4.79 Å². The third kappa shape index (κ3) is 2.85. The largest absolute Gasteiger partial charge is 0.303 e. The highest BCUT2D eigenvalue weighted by atomic mass is 16.1. The molecule has 1 aliphatic carbocycles. The van der Waals surface area contributed by atoms with Gasteiger partial charge in [0.15, 0.2) is 0 Å². The molecule has 0 aliphatic heterocycles. The highest BCUT2D eigenvalue weighted by molar-refractivity contribution is 5.61. The molecule has 1 heteroatoms. The zero-order valence-electron chi connectivity index (χ0n) is 10.8. The van der Waals surface area contributed by atoms with Crippen molar-refractivity contribution in [2.45, 2.75) is 39.0 Å². The number of rotatable bonds is 4. The van der Waals surface area contributed by atoms with E-state index in [0.717, 1.165) is 17.8 Å². The molecular formula is C16H20O. The standard InChI is InChI=1S/C16H20O/c1-11(7-16-8-12(16)2)14-5-4-6-15(9-14)13(3)10-17/h4-7,9-13H,8H2,1-3H3/b16-7+. The van der Waals surface area contributed by atoms with E-state index in [2.05, 4.69) is 38.1 Å².